The van der Waals surface area contributed by atoms with E-state index in [9.17, 15) is 0 Å². The minimum atomic E-state index is 0.168. The normalized spacial score (nSPS) is 58.0. The molecule has 0 aliphatic heterocycles. The summed E-state index contributed by atoms with van der Waals surface area (Å²) in [7, 11) is 0. The van der Waals surface area contributed by atoms with Gasteiger partial charge in [0.15, 0.2) is 0 Å². The molecule has 3 fully saturated rings. The molecule has 3 saturated carbocycles. The van der Waals surface area contributed by atoms with Gasteiger partial charge in [-0.1, -0.05) is 22.6 Å². The van der Waals surface area contributed by atoms with E-state index >= 15 is 0 Å². The Morgan fingerprint density at radius 2 is 1.88 bits per heavy atom. The molecule has 0 heterocycles. The number of hydrogen-bond donors (Lipinski definition) is 0. The molecule has 3 aliphatic carbocycles. The maximum Gasteiger partial charge on any atom is 0.0691 e. The minimum absolute atomic E-state index is 0.168. The van der Waals surface area contributed by atoms with Crippen molar-refractivity contribution < 1.29 is 0 Å². The van der Waals surface area contributed by atoms with Gasteiger partial charge in [-0.3, -0.25) is 0 Å². The molecule has 0 aromatic rings. The number of hydrogen-bond acceptors (Lipinski definition) is 1. The maximum absolute atomic E-state index is 8.54. The Morgan fingerprint density at radius 3 is 2.00 bits per heavy atom. The summed E-state index contributed by atoms with van der Waals surface area (Å²) in [6.45, 7) is 0. The zero-order chi connectivity index (χ0) is 5.83. The first-order valence-electron chi connectivity index (χ1n) is 2.78. The third-order valence-corrected chi connectivity index (χ3v) is 3.35. The fourth-order valence-electron chi connectivity index (χ4n) is 1.78. The largest absolute Gasteiger partial charge is 0.198 e. The predicted octanol–water partition coefficient (Wildman–Crippen LogP) is 1.87. The molecule has 3 aliphatic rings. The van der Waals surface area contributed by atoms with Crippen LogP contribution in [0.5, 0.6) is 0 Å². The highest BCUT2D eigenvalue weighted by atomic mass is 127. The molecule has 0 aromatic heterocycles. The van der Waals surface area contributed by atoms with Crippen molar-refractivity contribution in [3.05, 3.63) is 0 Å². The maximum atomic E-state index is 8.54. The molecule has 0 unspecified atom stereocenters. The molecule has 0 radical (unpaired) electrons. The lowest BCUT2D eigenvalue weighted by Crippen LogP contribution is -2.62. The van der Waals surface area contributed by atoms with Crippen molar-refractivity contribution in [1.29, 1.82) is 5.26 Å². The van der Waals surface area contributed by atoms with Gasteiger partial charge < -0.3 is 0 Å². The Labute approximate surface area is 62.2 Å². The van der Waals surface area contributed by atoms with Crippen LogP contribution in [0.3, 0.4) is 0 Å². The standard InChI is InChI=1S/C6H6IN/c7-6-1-5(2-6,3-6)4-8/h1-3H2. The molecule has 0 amide bonds. The highest BCUT2D eigenvalue weighted by molar-refractivity contribution is 14.1. The zero-order valence-electron chi connectivity index (χ0n) is 4.45. The van der Waals surface area contributed by atoms with Crippen LogP contribution in [0, 0.1) is 16.7 Å². The first kappa shape index (κ1) is 5.04. The van der Waals surface area contributed by atoms with E-state index in [2.05, 4.69) is 28.7 Å². The summed E-state index contributed by atoms with van der Waals surface area (Å²) in [5.74, 6) is 0. The van der Waals surface area contributed by atoms with Crippen LogP contribution in [0.15, 0.2) is 0 Å². The number of rotatable bonds is 0. The zero-order valence-corrected chi connectivity index (χ0v) is 6.60. The van der Waals surface area contributed by atoms with Gasteiger partial charge in [0.2, 0.25) is 0 Å². The van der Waals surface area contributed by atoms with Crippen molar-refractivity contribution in [2.24, 2.45) is 5.41 Å². The van der Waals surface area contributed by atoms with Crippen molar-refractivity contribution in [3.63, 3.8) is 0 Å². The van der Waals surface area contributed by atoms with E-state index in [0.717, 1.165) is 19.3 Å². The van der Waals surface area contributed by atoms with Gasteiger partial charge >= 0.3 is 0 Å². The molecule has 2 bridgehead atoms. The Hall–Kier alpha value is 0.220. The van der Waals surface area contributed by atoms with E-state index in [1.807, 2.05) is 0 Å². The molecule has 2 heteroatoms. The van der Waals surface area contributed by atoms with E-state index in [4.69, 9.17) is 5.26 Å². The second kappa shape index (κ2) is 1.06. The van der Waals surface area contributed by atoms with Crippen molar-refractivity contribution in [2.75, 3.05) is 0 Å². The van der Waals surface area contributed by atoms with Gasteiger partial charge in [0.05, 0.1) is 11.5 Å². The van der Waals surface area contributed by atoms with Crippen LogP contribution in [0.25, 0.3) is 0 Å². The number of alkyl halides is 1. The summed E-state index contributed by atoms with van der Waals surface area (Å²) < 4.78 is 0.577. The highest BCUT2D eigenvalue weighted by Gasteiger charge is 2.67. The molecule has 0 N–H and O–H groups in total. The summed E-state index contributed by atoms with van der Waals surface area (Å²) >= 11 is 2.48. The van der Waals surface area contributed by atoms with E-state index in [-0.39, 0.29) is 5.41 Å². The number of halogens is 1. The Kier molecular flexibility index (Phi) is 0.669. The number of nitriles is 1. The second-order valence-corrected chi connectivity index (χ2v) is 5.36. The van der Waals surface area contributed by atoms with Crippen LogP contribution >= 0.6 is 22.6 Å². The first-order chi connectivity index (χ1) is 3.68. The smallest absolute Gasteiger partial charge is 0.0691 e. The summed E-state index contributed by atoms with van der Waals surface area (Å²) in [5, 5.41) is 8.54. The average molecular weight is 219 g/mol. The van der Waals surface area contributed by atoms with Crippen LogP contribution < -0.4 is 0 Å². The second-order valence-electron chi connectivity index (χ2n) is 3.07. The molecule has 42 valence electrons. The third kappa shape index (κ3) is 0.376. The van der Waals surface area contributed by atoms with E-state index in [1.165, 1.54) is 0 Å². The number of nitrogens with zero attached hydrogens (tertiary/aromatic N) is 1. The minimum Gasteiger partial charge on any atom is -0.198 e. The van der Waals surface area contributed by atoms with Gasteiger partial charge in [-0.15, -0.1) is 0 Å². The van der Waals surface area contributed by atoms with E-state index in [1.54, 1.807) is 0 Å². The van der Waals surface area contributed by atoms with Gasteiger partial charge in [0, 0.05) is 3.42 Å². The lowest BCUT2D eigenvalue weighted by Gasteiger charge is -2.64. The van der Waals surface area contributed by atoms with Gasteiger partial charge in [0.25, 0.3) is 0 Å². The fourth-order valence-corrected chi connectivity index (χ4v) is 3.97. The molecular weight excluding hydrogens is 213 g/mol. The average Bonchev–Trinajstić information content (AvgIpc) is 1.55. The molecule has 0 atom stereocenters. The Bertz CT molecular complexity index is 160. The molecule has 0 spiro atoms. The van der Waals surface area contributed by atoms with Gasteiger partial charge in [-0.05, 0) is 19.3 Å². The SMILES string of the molecule is N#CC12CC(I)(C1)C2. The van der Waals surface area contributed by atoms with E-state index in [0.29, 0.717) is 3.42 Å². The summed E-state index contributed by atoms with van der Waals surface area (Å²) in [6, 6.07) is 2.36. The quantitative estimate of drug-likeness (QED) is 0.450. The molecule has 1 nitrogen and oxygen atoms in total. The highest BCUT2D eigenvalue weighted by Crippen LogP contribution is 2.71. The van der Waals surface area contributed by atoms with Crippen molar-refractivity contribution >= 4 is 22.6 Å². The van der Waals surface area contributed by atoms with Crippen molar-refractivity contribution in [1.82, 2.24) is 0 Å². The van der Waals surface area contributed by atoms with Crippen LogP contribution in [-0.4, -0.2) is 3.42 Å². The third-order valence-electron chi connectivity index (χ3n) is 2.20. The van der Waals surface area contributed by atoms with Gasteiger partial charge in [-0.25, -0.2) is 0 Å². The molecule has 0 saturated heterocycles. The topological polar surface area (TPSA) is 23.8 Å². The lowest BCUT2D eigenvalue weighted by molar-refractivity contribution is -0.00414. The molecule has 8 heavy (non-hydrogen) atoms. The lowest BCUT2D eigenvalue weighted by atomic mass is 9.45. The Morgan fingerprint density at radius 1 is 1.38 bits per heavy atom. The van der Waals surface area contributed by atoms with Crippen molar-refractivity contribution in [3.8, 4) is 6.07 Å². The monoisotopic (exact) mass is 219 g/mol. The Balaban J connectivity index is 2.17. The van der Waals surface area contributed by atoms with E-state index < -0.39 is 0 Å². The van der Waals surface area contributed by atoms with Crippen LogP contribution in [0.1, 0.15) is 19.3 Å². The van der Waals surface area contributed by atoms with Gasteiger partial charge in [0.1, 0.15) is 0 Å². The summed E-state index contributed by atoms with van der Waals surface area (Å²) in [6.07, 6.45) is 3.49. The fraction of sp³-hybridized carbons (Fsp3) is 0.833. The summed E-state index contributed by atoms with van der Waals surface area (Å²) in [4.78, 5) is 0. The summed E-state index contributed by atoms with van der Waals surface area (Å²) in [5.41, 5.74) is 0.168. The predicted molar refractivity (Wildman–Crippen MR) is 38.6 cm³/mol. The van der Waals surface area contributed by atoms with Crippen LogP contribution in [-0.2, 0) is 0 Å². The first-order valence-corrected chi connectivity index (χ1v) is 3.86. The molecular formula is C6H6IN. The van der Waals surface area contributed by atoms with Gasteiger partial charge in [-0.2, -0.15) is 5.26 Å². The van der Waals surface area contributed by atoms with Crippen LogP contribution in [0.2, 0.25) is 0 Å². The molecule has 3 rings (SSSR count). The molecule has 0 aromatic carbocycles. The van der Waals surface area contributed by atoms with Crippen LogP contribution in [0.4, 0.5) is 0 Å². The van der Waals surface area contributed by atoms with Crippen molar-refractivity contribution in [2.45, 2.75) is 22.7 Å².